The van der Waals surface area contributed by atoms with Crippen LogP contribution in [-0.4, -0.2) is 20.6 Å². The van der Waals surface area contributed by atoms with E-state index in [2.05, 4.69) is 15.4 Å². The summed E-state index contributed by atoms with van der Waals surface area (Å²) >= 11 is 5.89. The average Bonchev–Trinajstić information content (AvgIpc) is 2.59. The second kappa shape index (κ2) is 3.99. The van der Waals surface area contributed by atoms with Crippen LogP contribution in [0.25, 0.3) is 5.65 Å². The van der Waals surface area contributed by atoms with E-state index in [-0.39, 0.29) is 6.04 Å². The van der Waals surface area contributed by atoms with Gasteiger partial charge in [-0.3, -0.25) is 0 Å². The molecule has 0 saturated heterocycles. The van der Waals surface area contributed by atoms with Crippen molar-refractivity contribution < 1.29 is 0 Å². The molecule has 5 nitrogen and oxygen atoms in total. The Morgan fingerprint density at radius 3 is 2.94 bits per heavy atom. The molecule has 0 aromatic carbocycles. The summed E-state index contributed by atoms with van der Waals surface area (Å²) in [6.45, 7) is 4.02. The SMILES string of the molecule is CC(C)Nc1cc(Cl)nc2c(C#N)cnn12. The van der Waals surface area contributed by atoms with Gasteiger partial charge in [-0.15, -0.1) is 0 Å². The third-order valence-electron chi connectivity index (χ3n) is 2.00. The normalized spacial score (nSPS) is 10.7. The van der Waals surface area contributed by atoms with Crippen LogP contribution >= 0.6 is 11.6 Å². The van der Waals surface area contributed by atoms with Gasteiger partial charge in [0.1, 0.15) is 22.6 Å². The van der Waals surface area contributed by atoms with E-state index < -0.39 is 0 Å². The molecule has 2 aromatic rings. The number of nitriles is 1. The number of rotatable bonds is 2. The van der Waals surface area contributed by atoms with Crippen molar-refractivity contribution in [2.24, 2.45) is 0 Å². The Morgan fingerprint density at radius 1 is 1.56 bits per heavy atom. The zero-order valence-electron chi connectivity index (χ0n) is 8.90. The van der Waals surface area contributed by atoms with Gasteiger partial charge < -0.3 is 5.32 Å². The molecule has 2 aromatic heterocycles. The number of aromatic nitrogens is 3. The predicted molar refractivity (Wildman–Crippen MR) is 61.5 cm³/mol. The van der Waals surface area contributed by atoms with Crippen LogP contribution < -0.4 is 5.32 Å². The zero-order valence-corrected chi connectivity index (χ0v) is 9.65. The van der Waals surface area contributed by atoms with Gasteiger partial charge >= 0.3 is 0 Å². The Morgan fingerprint density at radius 2 is 2.31 bits per heavy atom. The maximum absolute atomic E-state index is 8.88. The first-order valence-electron chi connectivity index (χ1n) is 4.82. The van der Waals surface area contributed by atoms with E-state index in [4.69, 9.17) is 16.9 Å². The number of nitrogens with one attached hydrogen (secondary N) is 1. The second-order valence-electron chi connectivity index (χ2n) is 3.67. The number of hydrogen-bond donors (Lipinski definition) is 1. The summed E-state index contributed by atoms with van der Waals surface area (Å²) in [5.74, 6) is 0.728. The molecule has 0 atom stereocenters. The molecule has 1 N–H and O–H groups in total. The van der Waals surface area contributed by atoms with Gasteiger partial charge in [-0.2, -0.15) is 14.9 Å². The van der Waals surface area contributed by atoms with Gasteiger partial charge in [-0.05, 0) is 13.8 Å². The van der Waals surface area contributed by atoms with Gasteiger partial charge in [-0.1, -0.05) is 11.6 Å². The summed E-state index contributed by atoms with van der Waals surface area (Å²) in [5.41, 5.74) is 0.882. The Hall–Kier alpha value is -1.80. The topological polar surface area (TPSA) is 66.0 Å². The van der Waals surface area contributed by atoms with E-state index in [0.717, 1.165) is 5.82 Å². The molecule has 0 radical (unpaired) electrons. The minimum absolute atomic E-state index is 0.247. The van der Waals surface area contributed by atoms with Crippen molar-refractivity contribution in [1.82, 2.24) is 14.6 Å². The van der Waals surface area contributed by atoms with E-state index >= 15 is 0 Å². The van der Waals surface area contributed by atoms with Gasteiger partial charge in [0.15, 0.2) is 5.65 Å². The molecule has 0 aliphatic carbocycles. The molecule has 82 valence electrons. The van der Waals surface area contributed by atoms with Crippen LogP contribution in [-0.2, 0) is 0 Å². The Labute approximate surface area is 97.7 Å². The van der Waals surface area contributed by atoms with E-state index in [9.17, 15) is 0 Å². The summed E-state index contributed by atoms with van der Waals surface area (Å²) in [7, 11) is 0. The van der Waals surface area contributed by atoms with Crippen LogP contribution in [0.1, 0.15) is 19.4 Å². The monoisotopic (exact) mass is 235 g/mol. The van der Waals surface area contributed by atoms with E-state index in [0.29, 0.717) is 16.4 Å². The van der Waals surface area contributed by atoms with Crippen LogP contribution in [0, 0.1) is 11.3 Å². The summed E-state index contributed by atoms with van der Waals surface area (Å²) in [6.07, 6.45) is 1.48. The lowest BCUT2D eigenvalue weighted by atomic mass is 10.3. The highest BCUT2D eigenvalue weighted by molar-refractivity contribution is 6.29. The lowest BCUT2D eigenvalue weighted by Crippen LogP contribution is -2.13. The van der Waals surface area contributed by atoms with Gasteiger partial charge in [0.2, 0.25) is 0 Å². The summed E-state index contributed by atoms with van der Waals surface area (Å²) in [4.78, 5) is 4.08. The Bertz CT molecular complexity index is 566. The first-order valence-corrected chi connectivity index (χ1v) is 5.20. The molecule has 0 aliphatic heterocycles. The quantitative estimate of drug-likeness (QED) is 0.810. The lowest BCUT2D eigenvalue weighted by Gasteiger charge is -2.11. The van der Waals surface area contributed by atoms with E-state index in [1.807, 2.05) is 19.9 Å². The predicted octanol–water partition coefficient (Wildman–Crippen LogP) is 2.07. The van der Waals surface area contributed by atoms with Crippen molar-refractivity contribution >= 4 is 23.1 Å². The highest BCUT2D eigenvalue weighted by Crippen LogP contribution is 2.18. The second-order valence-corrected chi connectivity index (χ2v) is 4.06. The minimum Gasteiger partial charge on any atom is -0.368 e. The number of halogens is 1. The van der Waals surface area contributed by atoms with E-state index in [1.165, 1.54) is 6.20 Å². The van der Waals surface area contributed by atoms with Crippen molar-refractivity contribution in [3.8, 4) is 6.07 Å². The van der Waals surface area contributed by atoms with Crippen LogP contribution in [0.15, 0.2) is 12.3 Å². The number of nitrogens with zero attached hydrogens (tertiary/aromatic N) is 4. The number of fused-ring (bicyclic) bond motifs is 1. The summed E-state index contributed by atoms with van der Waals surface area (Å²) < 4.78 is 1.57. The van der Waals surface area contributed by atoms with Gasteiger partial charge in [0.25, 0.3) is 0 Å². The fourth-order valence-corrected chi connectivity index (χ4v) is 1.59. The standard InChI is InChI=1S/C10H10ClN5/c1-6(2)14-9-3-8(11)15-10-7(4-12)5-13-16(9)10/h3,5-6,14H,1-2H3. The van der Waals surface area contributed by atoms with Crippen molar-refractivity contribution in [3.05, 3.63) is 23.0 Å². The Balaban J connectivity index is 2.65. The third kappa shape index (κ3) is 1.79. The zero-order chi connectivity index (χ0) is 11.7. The molecule has 0 aliphatic rings. The largest absolute Gasteiger partial charge is 0.368 e. The molecule has 0 bridgehead atoms. The first kappa shape index (κ1) is 10.7. The van der Waals surface area contributed by atoms with Crippen LogP contribution in [0.4, 0.5) is 5.82 Å². The third-order valence-corrected chi connectivity index (χ3v) is 2.19. The van der Waals surface area contributed by atoms with Gasteiger partial charge in [0, 0.05) is 12.1 Å². The molecule has 0 unspecified atom stereocenters. The molecular formula is C10H10ClN5. The highest BCUT2D eigenvalue weighted by atomic mass is 35.5. The van der Waals surface area contributed by atoms with E-state index in [1.54, 1.807) is 10.6 Å². The van der Waals surface area contributed by atoms with Crippen LogP contribution in [0.5, 0.6) is 0 Å². The average molecular weight is 236 g/mol. The van der Waals surface area contributed by atoms with Gasteiger partial charge in [-0.25, -0.2) is 4.98 Å². The van der Waals surface area contributed by atoms with Crippen molar-refractivity contribution in [2.75, 3.05) is 5.32 Å². The molecule has 2 heterocycles. The summed E-state index contributed by atoms with van der Waals surface area (Å²) in [6, 6.07) is 3.96. The molecular weight excluding hydrogens is 226 g/mol. The first-order chi connectivity index (χ1) is 7.61. The van der Waals surface area contributed by atoms with Crippen molar-refractivity contribution in [1.29, 1.82) is 5.26 Å². The molecule has 6 heteroatoms. The molecule has 0 spiro atoms. The number of hydrogen-bond acceptors (Lipinski definition) is 4. The molecule has 2 rings (SSSR count). The van der Waals surface area contributed by atoms with Crippen molar-refractivity contribution in [2.45, 2.75) is 19.9 Å². The lowest BCUT2D eigenvalue weighted by molar-refractivity contribution is 0.851. The molecule has 0 saturated carbocycles. The molecule has 0 amide bonds. The fraction of sp³-hybridized carbons (Fsp3) is 0.300. The maximum Gasteiger partial charge on any atom is 0.176 e. The minimum atomic E-state index is 0.247. The highest BCUT2D eigenvalue weighted by Gasteiger charge is 2.10. The van der Waals surface area contributed by atoms with Crippen LogP contribution in [0.2, 0.25) is 5.15 Å². The summed E-state index contributed by atoms with van der Waals surface area (Å²) in [5, 5.41) is 16.5. The van der Waals surface area contributed by atoms with Crippen LogP contribution in [0.3, 0.4) is 0 Å². The Kier molecular flexibility index (Phi) is 2.67. The molecule has 16 heavy (non-hydrogen) atoms. The smallest absolute Gasteiger partial charge is 0.176 e. The number of anilines is 1. The maximum atomic E-state index is 8.88. The van der Waals surface area contributed by atoms with Gasteiger partial charge in [0.05, 0.1) is 6.20 Å². The fourth-order valence-electron chi connectivity index (χ4n) is 1.41. The molecule has 0 fully saturated rings. The van der Waals surface area contributed by atoms with Crippen molar-refractivity contribution in [3.63, 3.8) is 0 Å².